The summed E-state index contributed by atoms with van der Waals surface area (Å²) in [6.07, 6.45) is 5.04. The van der Waals surface area contributed by atoms with E-state index in [-0.39, 0.29) is 0 Å². The minimum absolute atomic E-state index is 0.451. The largest absolute Gasteiger partial charge is 0.493 e. The molecule has 168 valence electrons. The zero-order valence-corrected chi connectivity index (χ0v) is 19.2. The van der Waals surface area contributed by atoms with Crippen LogP contribution >= 0.6 is 0 Å². The number of nitrogens with zero attached hydrogens (tertiary/aromatic N) is 2. The highest BCUT2D eigenvalue weighted by Gasteiger charge is 2.26. The highest BCUT2D eigenvalue weighted by Crippen LogP contribution is 2.35. The molecule has 0 fully saturated rings. The van der Waals surface area contributed by atoms with E-state index in [1.165, 1.54) is 11.3 Å². The number of fused-ring (bicyclic) bond motifs is 1. The number of anilines is 1. The van der Waals surface area contributed by atoms with Crippen molar-refractivity contribution in [2.24, 2.45) is 12.0 Å². The van der Waals surface area contributed by atoms with Crippen LogP contribution in [0, 0.1) is 0 Å². The van der Waals surface area contributed by atoms with Crippen LogP contribution in [0.4, 0.5) is 11.5 Å². The minimum Gasteiger partial charge on any atom is -0.493 e. The summed E-state index contributed by atoms with van der Waals surface area (Å²) in [6.45, 7) is 7.63. The Morgan fingerprint density at radius 3 is 2.71 bits per heavy atom. The molecule has 1 heterocycles. The smallest absolute Gasteiger partial charge is 0.162 e. The SMILES string of the molecule is C=Cc1c2c(n(C)c1N=C(C)Nc1ccc(OC)c(OC)c1)CCC(NCCOC)C2. The second-order valence-electron chi connectivity index (χ2n) is 7.70. The first-order valence-electron chi connectivity index (χ1n) is 10.6. The van der Waals surface area contributed by atoms with Gasteiger partial charge in [0.2, 0.25) is 0 Å². The lowest BCUT2D eigenvalue weighted by Gasteiger charge is -2.24. The lowest BCUT2D eigenvalue weighted by molar-refractivity contribution is 0.194. The molecule has 0 saturated carbocycles. The van der Waals surface area contributed by atoms with Gasteiger partial charge in [-0.05, 0) is 43.9 Å². The number of aromatic nitrogens is 1. The predicted molar refractivity (Wildman–Crippen MR) is 127 cm³/mol. The molecule has 0 amide bonds. The third-order valence-corrected chi connectivity index (χ3v) is 5.74. The molecule has 7 nitrogen and oxygen atoms in total. The highest BCUT2D eigenvalue weighted by molar-refractivity contribution is 5.96. The van der Waals surface area contributed by atoms with Crippen molar-refractivity contribution in [2.45, 2.75) is 32.2 Å². The number of amidine groups is 1. The Hall–Kier alpha value is -2.77. The van der Waals surface area contributed by atoms with Crippen molar-refractivity contribution in [3.63, 3.8) is 0 Å². The highest BCUT2D eigenvalue weighted by atomic mass is 16.5. The average molecular weight is 427 g/mol. The number of benzene rings is 1. The average Bonchev–Trinajstić information content (AvgIpc) is 3.04. The van der Waals surface area contributed by atoms with Gasteiger partial charge in [-0.3, -0.25) is 0 Å². The summed E-state index contributed by atoms with van der Waals surface area (Å²) in [5.41, 5.74) is 4.69. The van der Waals surface area contributed by atoms with E-state index in [1.54, 1.807) is 21.3 Å². The van der Waals surface area contributed by atoms with Crippen molar-refractivity contribution < 1.29 is 14.2 Å². The molecule has 0 saturated heterocycles. The van der Waals surface area contributed by atoms with Gasteiger partial charge in [-0.2, -0.15) is 0 Å². The maximum Gasteiger partial charge on any atom is 0.162 e. The van der Waals surface area contributed by atoms with Gasteiger partial charge in [-0.15, -0.1) is 0 Å². The summed E-state index contributed by atoms with van der Waals surface area (Å²) in [6, 6.07) is 6.17. The van der Waals surface area contributed by atoms with Crippen molar-refractivity contribution in [3.8, 4) is 11.5 Å². The van der Waals surface area contributed by atoms with Gasteiger partial charge in [0, 0.05) is 49.8 Å². The molecule has 1 aromatic carbocycles. The van der Waals surface area contributed by atoms with Crippen molar-refractivity contribution in [1.82, 2.24) is 9.88 Å². The van der Waals surface area contributed by atoms with Gasteiger partial charge in [0.05, 0.1) is 20.8 Å². The molecule has 0 bridgehead atoms. The summed E-state index contributed by atoms with van der Waals surface area (Å²) in [7, 11) is 7.08. The van der Waals surface area contributed by atoms with Crippen molar-refractivity contribution >= 4 is 23.4 Å². The summed E-state index contributed by atoms with van der Waals surface area (Å²) in [5, 5.41) is 6.96. The van der Waals surface area contributed by atoms with Gasteiger partial charge in [-0.1, -0.05) is 12.7 Å². The Balaban J connectivity index is 1.83. The first-order chi connectivity index (χ1) is 15.0. The molecule has 0 aliphatic heterocycles. The maximum atomic E-state index is 5.40. The Bertz CT molecular complexity index is 949. The number of rotatable bonds is 9. The zero-order chi connectivity index (χ0) is 22.4. The van der Waals surface area contributed by atoms with Gasteiger partial charge in [0.15, 0.2) is 11.5 Å². The normalized spacial score (nSPS) is 16.0. The molecule has 2 N–H and O–H groups in total. The molecule has 3 rings (SSSR count). The molecule has 1 aromatic heterocycles. The molecule has 7 heteroatoms. The summed E-state index contributed by atoms with van der Waals surface area (Å²) >= 11 is 0. The number of ether oxygens (including phenoxy) is 3. The lowest BCUT2D eigenvalue weighted by atomic mass is 9.90. The van der Waals surface area contributed by atoms with E-state index in [9.17, 15) is 0 Å². The molecule has 31 heavy (non-hydrogen) atoms. The molecule has 0 radical (unpaired) electrons. The summed E-state index contributed by atoms with van der Waals surface area (Å²) < 4.78 is 18.1. The topological polar surface area (TPSA) is 69.0 Å². The van der Waals surface area contributed by atoms with Gasteiger partial charge in [0.25, 0.3) is 0 Å². The van der Waals surface area contributed by atoms with E-state index in [1.807, 2.05) is 31.2 Å². The molecule has 1 unspecified atom stereocenters. The Labute approximate surface area is 185 Å². The fourth-order valence-electron chi connectivity index (χ4n) is 4.21. The molecular weight excluding hydrogens is 392 g/mol. The number of aliphatic imine (C=N–C) groups is 1. The number of hydrogen-bond donors (Lipinski definition) is 2. The molecule has 1 aliphatic carbocycles. The lowest BCUT2D eigenvalue weighted by Crippen LogP contribution is -2.36. The second kappa shape index (κ2) is 10.5. The van der Waals surface area contributed by atoms with Crippen LogP contribution in [0.1, 0.15) is 30.2 Å². The van der Waals surface area contributed by atoms with Crippen LogP contribution in [-0.4, -0.2) is 50.9 Å². The number of nitrogens with one attached hydrogen (secondary N) is 2. The molecule has 2 aromatic rings. The first kappa shape index (κ1) is 22.9. The standard InChI is InChI=1S/C24H34N4O3/c1-7-19-20-14-17(25-12-13-29-4)8-10-21(20)28(3)24(19)27-16(2)26-18-9-11-22(30-5)23(15-18)31-6/h7,9,11,15,17,25H,1,8,10,12-14H2,2-6H3,(H,26,27). The van der Waals surface area contributed by atoms with Crippen LogP contribution in [0.2, 0.25) is 0 Å². The van der Waals surface area contributed by atoms with E-state index in [0.717, 1.165) is 55.3 Å². The van der Waals surface area contributed by atoms with Crippen LogP contribution in [0.5, 0.6) is 11.5 Å². The van der Waals surface area contributed by atoms with E-state index in [4.69, 9.17) is 19.2 Å². The minimum atomic E-state index is 0.451. The van der Waals surface area contributed by atoms with Gasteiger partial charge in [0.1, 0.15) is 11.7 Å². The molecule has 0 spiro atoms. The van der Waals surface area contributed by atoms with E-state index in [2.05, 4.69) is 28.8 Å². The Morgan fingerprint density at radius 1 is 1.26 bits per heavy atom. The second-order valence-corrected chi connectivity index (χ2v) is 7.70. The predicted octanol–water partition coefficient (Wildman–Crippen LogP) is 3.94. The van der Waals surface area contributed by atoms with Crippen LogP contribution in [0.3, 0.4) is 0 Å². The fourth-order valence-corrected chi connectivity index (χ4v) is 4.21. The third-order valence-electron chi connectivity index (χ3n) is 5.74. The van der Waals surface area contributed by atoms with Crippen LogP contribution < -0.4 is 20.1 Å². The van der Waals surface area contributed by atoms with Crippen molar-refractivity contribution in [2.75, 3.05) is 39.8 Å². The Morgan fingerprint density at radius 2 is 2.03 bits per heavy atom. The van der Waals surface area contributed by atoms with Crippen LogP contribution in [-0.2, 0) is 24.6 Å². The maximum absolute atomic E-state index is 5.40. The molecule has 1 atom stereocenters. The van der Waals surface area contributed by atoms with E-state index in [0.29, 0.717) is 17.5 Å². The van der Waals surface area contributed by atoms with E-state index < -0.39 is 0 Å². The van der Waals surface area contributed by atoms with Crippen molar-refractivity contribution in [1.29, 1.82) is 0 Å². The number of methoxy groups -OCH3 is 3. The zero-order valence-electron chi connectivity index (χ0n) is 19.2. The van der Waals surface area contributed by atoms with Crippen molar-refractivity contribution in [3.05, 3.63) is 41.6 Å². The number of hydrogen-bond acceptors (Lipinski definition) is 5. The Kier molecular flexibility index (Phi) is 7.76. The molecule has 1 aliphatic rings. The van der Waals surface area contributed by atoms with Gasteiger partial charge < -0.3 is 29.4 Å². The van der Waals surface area contributed by atoms with Crippen LogP contribution in [0.25, 0.3) is 6.08 Å². The quantitative estimate of drug-likeness (QED) is 0.361. The summed E-state index contributed by atoms with van der Waals surface area (Å²) in [5.74, 6) is 3.10. The first-order valence-corrected chi connectivity index (χ1v) is 10.6. The van der Waals surface area contributed by atoms with E-state index >= 15 is 0 Å². The molecular formula is C24H34N4O3. The van der Waals surface area contributed by atoms with Crippen LogP contribution in [0.15, 0.2) is 29.8 Å². The third kappa shape index (κ3) is 5.11. The van der Waals surface area contributed by atoms with Gasteiger partial charge in [-0.25, -0.2) is 4.99 Å². The monoisotopic (exact) mass is 426 g/mol. The van der Waals surface area contributed by atoms with Gasteiger partial charge >= 0.3 is 0 Å². The summed E-state index contributed by atoms with van der Waals surface area (Å²) in [4.78, 5) is 4.91. The fraction of sp³-hybridized carbons (Fsp3) is 0.458.